The Morgan fingerprint density at radius 1 is 1.23 bits per heavy atom. The van der Waals surface area contributed by atoms with E-state index >= 15 is 0 Å². The first-order valence-electron chi connectivity index (χ1n) is 6.80. The highest BCUT2D eigenvalue weighted by atomic mass is 32.1. The van der Waals surface area contributed by atoms with Crippen molar-refractivity contribution < 1.29 is 5.11 Å². The number of hydrogen-bond acceptors (Lipinski definition) is 5. The van der Waals surface area contributed by atoms with Crippen molar-refractivity contribution in [3.63, 3.8) is 0 Å². The molecule has 2 aromatic heterocycles. The molecule has 0 saturated carbocycles. The number of phenolic OH excluding ortho intramolecular Hbond substituents is 1. The maximum absolute atomic E-state index is 12.6. The van der Waals surface area contributed by atoms with E-state index in [1.165, 1.54) is 16.0 Å². The summed E-state index contributed by atoms with van der Waals surface area (Å²) in [4.78, 5) is 19.0. The van der Waals surface area contributed by atoms with Gasteiger partial charge in [0.25, 0.3) is 5.56 Å². The number of hydrogen-bond donors (Lipinski definition) is 1. The van der Waals surface area contributed by atoms with Crippen LogP contribution in [0.1, 0.15) is 21.8 Å². The normalized spacial score (nSPS) is 11.6. The maximum Gasteiger partial charge on any atom is 0.283 e. The van der Waals surface area contributed by atoms with Gasteiger partial charge in [0.1, 0.15) is 16.4 Å². The fraction of sp³-hybridized carbons (Fsp3) is 0.188. The monoisotopic (exact) mass is 313 g/mol. The molecule has 5 nitrogen and oxygen atoms in total. The molecule has 1 aromatic carbocycles. The lowest BCUT2D eigenvalue weighted by molar-refractivity contribution is 0.475. The molecule has 3 rings (SSSR count). The van der Waals surface area contributed by atoms with E-state index < -0.39 is 0 Å². The van der Waals surface area contributed by atoms with E-state index in [-0.39, 0.29) is 11.3 Å². The minimum Gasteiger partial charge on any atom is -0.508 e. The predicted molar refractivity (Wildman–Crippen MR) is 89.2 cm³/mol. The first-order valence-corrected chi connectivity index (χ1v) is 7.62. The van der Waals surface area contributed by atoms with Gasteiger partial charge in [-0.1, -0.05) is 0 Å². The smallest absolute Gasteiger partial charge is 0.283 e. The zero-order valence-electron chi connectivity index (χ0n) is 12.5. The van der Waals surface area contributed by atoms with Gasteiger partial charge in [-0.15, -0.1) is 11.3 Å². The van der Waals surface area contributed by atoms with Crippen LogP contribution in [0.15, 0.2) is 34.2 Å². The lowest BCUT2D eigenvalue weighted by atomic mass is 10.2. The molecule has 22 heavy (non-hydrogen) atoms. The number of fused-ring (bicyclic) bond motifs is 1. The average molecular weight is 313 g/mol. The number of nitrogens with zero attached hydrogens (tertiary/aromatic N) is 3. The van der Waals surface area contributed by atoms with Gasteiger partial charge in [0.2, 0.25) is 0 Å². The fourth-order valence-corrected chi connectivity index (χ4v) is 3.27. The van der Waals surface area contributed by atoms with Gasteiger partial charge in [0, 0.05) is 4.88 Å². The number of thiophene rings is 1. The molecular weight excluding hydrogens is 298 g/mol. The summed E-state index contributed by atoms with van der Waals surface area (Å²) < 4.78 is 1.31. The van der Waals surface area contributed by atoms with Crippen LogP contribution in [0.2, 0.25) is 0 Å². The van der Waals surface area contributed by atoms with E-state index in [2.05, 4.69) is 10.1 Å². The third-order valence-corrected chi connectivity index (χ3v) is 4.66. The lowest BCUT2D eigenvalue weighted by Crippen LogP contribution is -2.20. The maximum atomic E-state index is 12.6. The van der Waals surface area contributed by atoms with Crippen molar-refractivity contribution in [2.75, 3.05) is 0 Å². The van der Waals surface area contributed by atoms with Crippen LogP contribution in [0.3, 0.4) is 0 Å². The van der Waals surface area contributed by atoms with Crippen molar-refractivity contribution >= 4 is 27.8 Å². The van der Waals surface area contributed by atoms with Crippen molar-refractivity contribution in [2.45, 2.75) is 20.8 Å². The summed E-state index contributed by atoms with van der Waals surface area (Å²) in [6.45, 7) is 5.68. The summed E-state index contributed by atoms with van der Waals surface area (Å²) in [6.07, 6.45) is 1.58. The number of aryl methyl sites for hydroxylation is 3. The standard InChI is InChI=1S/C16H15N3O2S/c1-9-10(2)22-15-14(9)16(21)19(11(3)18-15)17-8-12-4-6-13(20)7-5-12/h4-8,20H,1-3H3/b17-8+. The molecule has 2 heterocycles. The second-order valence-corrected chi connectivity index (χ2v) is 6.28. The molecule has 6 heteroatoms. The topological polar surface area (TPSA) is 67.5 Å². The first kappa shape index (κ1) is 14.5. The number of rotatable bonds is 2. The van der Waals surface area contributed by atoms with Crippen molar-refractivity contribution in [1.82, 2.24) is 9.66 Å². The number of benzene rings is 1. The number of aromatic nitrogens is 2. The van der Waals surface area contributed by atoms with Gasteiger partial charge in [0.15, 0.2) is 0 Å². The van der Waals surface area contributed by atoms with Crippen molar-refractivity contribution in [2.24, 2.45) is 5.10 Å². The molecule has 0 atom stereocenters. The molecule has 3 aromatic rings. The zero-order valence-corrected chi connectivity index (χ0v) is 13.3. The van der Waals surface area contributed by atoms with E-state index in [9.17, 15) is 9.90 Å². The second kappa shape index (κ2) is 5.38. The summed E-state index contributed by atoms with van der Waals surface area (Å²) in [5.41, 5.74) is 1.60. The SMILES string of the molecule is Cc1sc2nc(C)n(/N=C/c3ccc(O)cc3)c(=O)c2c1C. The second-order valence-electron chi connectivity index (χ2n) is 5.08. The number of phenols is 1. The van der Waals surface area contributed by atoms with Crippen LogP contribution >= 0.6 is 11.3 Å². The molecule has 0 amide bonds. The Bertz CT molecular complexity index is 937. The largest absolute Gasteiger partial charge is 0.508 e. The molecule has 0 saturated heterocycles. The van der Waals surface area contributed by atoms with Crippen LogP contribution in [-0.4, -0.2) is 21.0 Å². The van der Waals surface area contributed by atoms with E-state index in [0.29, 0.717) is 11.2 Å². The van der Waals surface area contributed by atoms with Gasteiger partial charge in [-0.3, -0.25) is 4.79 Å². The van der Waals surface area contributed by atoms with E-state index in [1.54, 1.807) is 37.4 Å². The third-order valence-electron chi connectivity index (χ3n) is 3.56. The minimum atomic E-state index is -0.153. The minimum absolute atomic E-state index is 0.153. The Balaban J connectivity index is 2.12. The van der Waals surface area contributed by atoms with Crippen molar-refractivity contribution in [1.29, 1.82) is 0 Å². The highest BCUT2D eigenvalue weighted by Gasteiger charge is 2.13. The van der Waals surface area contributed by atoms with Crippen LogP contribution < -0.4 is 5.56 Å². The fourth-order valence-electron chi connectivity index (χ4n) is 2.21. The molecule has 0 spiro atoms. The lowest BCUT2D eigenvalue weighted by Gasteiger charge is -2.03. The van der Waals surface area contributed by atoms with E-state index in [4.69, 9.17) is 0 Å². The summed E-state index contributed by atoms with van der Waals surface area (Å²) in [6, 6.07) is 6.60. The van der Waals surface area contributed by atoms with Crippen LogP contribution in [0.4, 0.5) is 0 Å². The molecular formula is C16H15N3O2S. The number of aromatic hydroxyl groups is 1. The van der Waals surface area contributed by atoms with Gasteiger partial charge >= 0.3 is 0 Å². The van der Waals surface area contributed by atoms with E-state index in [1.807, 2.05) is 13.8 Å². The molecule has 0 unspecified atom stereocenters. The predicted octanol–water partition coefficient (Wildman–Crippen LogP) is 2.97. The molecule has 112 valence electrons. The molecule has 0 aliphatic rings. The van der Waals surface area contributed by atoms with Gasteiger partial charge < -0.3 is 5.11 Å². The molecule has 1 N–H and O–H groups in total. The third kappa shape index (κ3) is 2.42. The van der Waals surface area contributed by atoms with E-state index in [0.717, 1.165) is 20.8 Å². The van der Waals surface area contributed by atoms with Crippen LogP contribution in [0.5, 0.6) is 5.75 Å². The average Bonchev–Trinajstić information content (AvgIpc) is 2.75. The molecule has 0 fully saturated rings. The Kier molecular flexibility index (Phi) is 3.54. The first-order chi connectivity index (χ1) is 10.5. The zero-order chi connectivity index (χ0) is 15.9. The van der Waals surface area contributed by atoms with Gasteiger partial charge in [-0.25, -0.2) is 4.98 Å². The molecule has 0 aliphatic heterocycles. The Labute approximate surface area is 131 Å². The van der Waals surface area contributed by atoms with Gasteiger partial charge in [-0.2, -0.15) is 9.78 Å². The molecule has 0 aliphatic carbocycles. The highest BCUT2D eigenvalue weighted by molar-refractivity contribution is 7.18. The highest BCUT2D eigenvalue weighted by Crippen LogP contribution is 2.26. The van der Waals surface area contributed by atoms with Gasteiger partial charge in [-0.05, 0) is 56.2 Å². The Morgan fingerprint density at radius 3 is 2.59 bits per heavy atom. The van der Waals surface area contributed by atoms with Crippen LogP contribution in [0.25, 0.3) is 10.2 Å². The van der Waals surface area contributed by atoms with Crippen LogP contribution in [-0.2, 0) is 0 Å². The Morgan fingerprint density at radius 2 is 1.91 bits per heavy atom. The summed E-state index contributed by atoms with van der Waals surface area (Å²) in [7, 11) is 0. The molecule has 0 bridgehead atoms. The van der Waals surface area contributed by atoms with Crippen molar-refractivity contribution in [3.8, 4) is 5.75 Å². The molecule has 0 radical (unpaired) electrons. The summed E-state index contributed by atoms with van der Waals surface area (Å²) in [5, 5.41) is 14.2. The van der Waals surface area contributed by atoms with Crippen molar-refractivity contribution in [3.05, 3.63) is 56.4 Å². The Hall–Kier alpha value is -2.47. The summed E-state index contributed by atoms with van der Waals surface area (Å²) >= 11 is 1.53. The summed E-state index contributed by atoms with van der Waals surface area (Å²) in [5.74, 6) is 0.742. The van der Waals surface area contributed by atoms with Crippen LogP contribution in [0, 0.1) is 20.8 Å². The quantitative estimate of drug-likeness (QED) is 0.740. The van der Waals surface area contributed by atoms with Gasteiger partial charge in [0.05, 0.1) is 11.6 Å².